The van der Waals surface area contributed by atoms with Crippen LogP contribution in [0.1, 0.15) is 25.0 Å². The Morgan fingerprint density at radius 1 is 0.893 bits per heavy atom. The van der Waals surface area contributed by atoms with Gasteiger partial charge in [0, 0.05) is 6.42 Å². The standard InChI is InChI=1S/C23H26O5/c1-4-27-21(24)23(22(25)28-5-2,17-19-9-7-6-8-10-19)16-15-18-11-13-20(26-3)14-12-18/h6-16H,4-5,17H2,1-3H3/b16-15+. The maximum absolute atomic E-state index is 12.9. The quantitative estimate of drug-likeness (QED) is 0.483. The van der Waals surface area contributed by atoms with Crippen LogP contribution < -0.4 is 4.74 Å². The highest BCUT2D eigenvalue weighted by Crippen LogP contribution is 2.30. The normalized spacial score (nSPS) is 11.2. The fraction of sp³-hybridized carbons (Fsp3) is 0.304. The van der Waals surface area contributed by atoms with Crippen LogP contribution in [0.25, 0.3) is 6.08 Å². The minimum Gasteiger partial charge on any atom is -0.497 e. The first kappa shape index (κ1) is 21.2. The molecule has 5 heteroatoms. The Hall–Kier alpha value is -3.08. The molecule has 0 radical (unpaired) electrons. The zero-order valence-corrected chi connectivity index (χ0v) is 16.5. The third kappa shape index (κ3) is 5.22. The van der Waals surface area contributed by atoms with E-state index in [1.807, 2.05) is 54.6 Å². The molecule has 0 bridgehead atoms. The van der Waals surface area contributed by atoms with Crippen molar-refractivity contribution in [2.24, 2.45) is 5.41 Å². The summed E-state index contributed by atoms with van der Waals surface area (Å²) < 4.78 is 15.7. The van der Waals surface area contributed by atoms with E-state index in [2.05, 4.69) is 0 Å². The molecule has 0 saturated carbocycles. The van der Waals surface area contributed by atoms with Crippen LogP contribution in [0.3, 0.4) is 0 Å². The molecule has 148 valence electrons. The first-order valence-electron chi connectivity index (χ1n) is 9.27. The van der Waals surface area contributed by atoms with E-state index in [9.17, 15) is 9.59 Å². The molecular formula is C23H26O5. The molecule has 5 nitrogen and oxygen atoms in total. The molecule has 0 saturated heterocycles. The minimum atomic E-state index is -1.56. The molecule has 0 fully saturated rings. The predicted octanol–water partition coefficient (Wildman–Crippen LogP) is 4.06. The summed E-state index contributed by atoms with van der Waals surface area (Å²) in [5.74, 6) is -0.521. The molecule has 0 aliphatic rings. The van der Waals surface area contributed by atoms with Gasteiger partial charge in [0.2, 0.25) is 0 Å². The van der Waals surface area contributed by atoms with Crippen molar-refractivity contribution in [2.45, 2.75) is 20.3 Å². The van der Waals surface area contributed by atoms with Crippen LogP contribution >= 0.6 is 0 Å². The second-order valence-corrected chi connectivity index (χ2v) is 6.18. The second-order valence-electron chi connectivity index (χ2n) is 6.18. The number of benzene rings is 2. The Morgan fingerprint density at radius 2 is 1.46 bits per heavy atom. The third-order valence-electron chi connectivity index (χ3n) is 4.28. The van der Waals surface area contributed by atoms with E-state index in [0.29, 0.717) is 0 Å². The summed E-state index contributed by atoms with van der Waals surface area (Å²) >= 11 is 0. The summed E-state index contributed by atoms with van der Waals surface area (Å²) in [5.41, 5.74) is 0.0997. The van der Waals surface area contributed by atoms with Gasteiger partial charge in [0.05, 0.1) is 20.3 Å². The lowest BCUT2D eigenvalue weighted by molar-refractivity contribution is -0.167. The van der Waals surface area contributed by atoms with Gasteiger partial charge in [-0.3, -0.25) is 9.59 Å². The van der Waals surface area contributed by atoms with Crippen molar-refractivity contribution in [3.8, 4) is 5.75 Å². The maximum atomic E-state index is 12.9. The Bertz CT molecular complexity index is 776. The number of ether oxygens (including phenoxy) is 3. The van der Waals surface area contributed by atoms with Crippen molar-refractivity contribution in [1.29, 1.82) is 0 Å². The summed E-state index contributed by atoms with van der Waals surface area (Å²) in [5, 5.41) is 0. The second kappa shape index (κ2) is 10.3. The predicted molar refractivity (Wildman–Crippen MR) is 108 cm³/mol. The van der Waals surface area contributed by atoms with Gasteiger partial charge in [0.15, 0.2) is 5.41 Å². The highest BCUT2D eigenvalue weighted by Gasteiger charge is 2.46. The van der Waals surface area contributed by atoms with Crippen molar-refractivity contribution >= 4 is 18.0 Å². The smallest absolute Gasteiger partial charge is 0.327 e. The lowest BCUT2D eigenvalue weighted by atomic mass is 9.80. The van der Waals surface area contributed by atoms with E-state index in [-0.39, 0.29) is 19.6 Å². The largest absolute Gasteiger partial charge is 0.497 e. The number of hydrogen-bond acceptors (Lipinski definition) is 5. The number of esters is 2. The third-order valence-corrected chi connectivity index (χ3v) is 4.28. The van der Waals surface area contributed by atoms with E-state index in [1.165, 1.54) is 0 Å². The summed E-state index contributed by atoms with van der Waals surface area (Å²) in [6.07, 6.45) is 3.46. The van der Waals surface area contributed by atoms with Gasteiger partial charge in [-0.15, -0.1) is 0 Å². The molecule has 0 aromatic heterocycles. The molecule has 28 heavy (non-hydrogen) atoms. The van der Waals surface area contributed by atoms with Gasteiger partial charge in [-0.25, -0.2) is 0 Å². The molecule has 0 aliphatic carbocycles. The van der Waals surface area contributed by atoms with Gasteiger partial charge in [-0.05, 0) is 37.1 Å². The first-order chi connectivity index (χ1) is 13.6. The maximum Gasteiger partial charge on any atom is 0.327 e. The highest BCUT2D eigenvalue weighted by atomic mass is 16.6. The van der Waals surface area contributed by atoms with Gasteiger partial charge in [0.1, 0.15) is 5.75 Å². The van der Waals surface area contributed by atoms with E-state index in [0.717, 1.165) is 16.9 Å². The zero-order chi connectivity index (χ0) is 20.4. The molecule has 0 spiro atoms. The van der Waals surface area contributed by atoms with Crippen LogP contribution in [0.15, 0.2) is 60.7 Å². The molecule has 0 aliphatic heterocycles. The Balaban J connectivity index is 2.47. The van der Waals surface area contributed by atoms with E-state index in [1.54, 1.807) is 33.1 Å². The lowest BCUT2D eigenvalue weighted by Gasteiger charge is -2.26. The van der Waals surface area contributed by atoms with Crippen molar-refractivity contribution < 1.29 is 23.8 Å². The molecule has 0 N–H and O–H groups in total. The van der Waals surface area contributed by atoms with Crippen LogP contribution in [0, 0.1) is 5.41 Å². The van der Waals surface area contributed by atoms with Gasteiger partial charge >= 0.3 is 11.9 Å². The van der Waals surface area contributed by atoms with Crippen molar-refractivity contribution in [1.82, 2.24) is 0 Å². The highest BCUT2D eigenvalue weighted by molar-refractivity contribution is 6.03. The number of carbonyl (C=O) groups is 2. The lowest BCUT2D eigenvalue weighted by Crippen LogP contribution is -2.42. The first-order valence-corrected chi connectivity index (χ1v) is 9.27. The van der Waals surface area contributed by atoms with Gasteiger partial charge < -0.3 is 14.2 Å². The number of carbonyl (C=O) groups excluding carboxylic acids is 2. The van der Waals surface area contributed by atoms with Crippen LogP contribution in [-0.4, -0.2) is 32.3 Å². The molecule has 2 aromatic carbocycles. The Morgan fingerprint density at radius 3 is 1.96 bits per heavy atom. The molecule has 2 rings (SSSR count). The number of rotatable bonds is 9. The molecule has 2 aromatic rings. The van der Waals surface area contributed by atoms with Crippen LogP contribution in [0.4, 0.5) is 0 Å². The van der Waals surface area contributed by atoms with Crippen LogP contribution in [0.2, 0.25) is 0 Å². The molecular weight excluding hydrogens is 356 g/mol. The molecule has 0 heterocycles. The van der Waals surface area contributed by atoms with Crippen LogP contribution in [-0.2, 0) is 25.5 Å². The number of hydrogen-bond donors (Lipinski definition) is 0. The fourth-order valence-electron chi connectivity index (χ4n) is 2.81. The van der Waals surface area contributed by atoms with E-state index >= 15 is 0 Å². The Labute approximate surface area is 165 Å². The topological polar surface area (TPSA) is 61.8 Å². The van der Waals surface area contributed by atoms with Gasteiger partial charge in [-0.1, -0.05) is 54.6 Å². The fourth-order valence-corrected chi connectivity index (χ4v) is 2.81. The molecule has 0 unspecified atom stereocenters. The van der Waals surface area contributed by atoms with E-state index < -0.39 is 17.4 Å². The summed E-state index contributed by atoms with van der Waals surface area (Å²) in [6.45, 7) is 3.77. The van der Waals surface area contributed by atoms with Crippen molar-refractivity contribution in [3.63, 3.8) is 0 Å². The Kier molecular flexibility index (Phi) is 7.81. The average molecular weight is 382 g/mol. The molecule has 0 atom stereocenters. The summed E-state index contributed by atoms with van der Waals surface area (Å²) in [7, 11) is 1.59. The van der Waals surface area contributed by atoms with Crippen molar-refractivity contribution in [3.05, 3.63) is 71.8 Å². The van der Waals surface area contributed by atoms with Crippen LogP contribution in [0.5, 0.6) is 5.75 Å². The number of methoxy groups -OCH3 is 1. The monoisotopic (exact) mass is 382 g/mol. The van der Waals surface area contributed by atoms with Gasteiger partial charge in [0.25, 0.3) is 0 Å². The van der Waals surface area contributed by atoms with Crippen molar-refractivity contribution in [2.75, 3.05) is 20.3 Å². The SMILES string of the molecule is CCOC(=O)C(/C=C/c1ccc(OC)cc1)(Cc1ccccc1)C(=O)OCC. The molecule has 0 amide bonds. The minimum absolute atomic E-state index is 0.151. The average Bonchev–Trinajstić information content (AvgIpc) is 2.72. The summed E-state index contributed by atoms with van der Waals surface area (Å²) in [4.78, 5) is 25.8. The summed E-state index contributed by atoms with van der Waals surface area (Å²) in [6, 6.07) is 16.7. The zero-order valence-electron chi connectivity index (χ0n) is 16.5. The van der Waals surface area contributed by atoms with E-state index in [4.69, 9.17) is 14.2 Å². The van der Waals surface area contributed by atoms with Gasteiger partial charge in [-0.2, -0.15) is 0 Å².